The summed E-state index contributed by atoms with van der Waals surface area (Å²) in [6.45, 7) is 4.22. The van der Waals surface area contributed by atoms with Crippen molar-refractivity contribution in [2.45, 2.75) is 32.4 Å². The van der Waals surface area contributed by atoms with E-state index in [1.54, 1.807) is 0 Å². The van der Waals surface area contributed by atoms with E-state index in [4.69, 9.17) is 22.4 Å². The normalized spacial score (nSPS) is 13.4. The lowest BCUT2D eigenvalue weighted by atomic mass is 10.2. The first kappa shape index (κ1) is 13.3. The second-order valence-electron chi connectivity index (χ2n) is 4.69. The minimum atomic E-state index is -0.261. The Bertz CT molecular complexity index is 550. The first-order chi connectivity index (χ1) is 8.54. The van der Waals surface area contributed by atoms with Crippen LogP contribution in [0.5, 0.6) is 0 Å². The third-order valence-electron chi connectivity index (χ3n) is 2.97. The average Bonchev–Trinajstić information content (AvgIpc) is 2.67. The number of nitrogens with two attached hydrogens (primary N) is 1. The summed E-state index contributed by atoms with van der Waals surface area (Å²) in [4.78, 5) is 4.56. The van der Waals surface area contributed by atoms with Crippen molar-refractivity contribution >= 4 is 22.6 Å². The maximum Gasteiger partial charge on any atom is 0.127 e. The molecule has 1 aromatic heterocycles. The molecule has 18 heavy (non-hydrogen) atoms. The Balaban J connectivity index is 2.61. The van der Waals surface area contributed by atoms with Gasteiger partial charge in [-0.1, -0.05) is 11.6 Å². The number of aliphatic hydroxyl groups excluding tert-OH is 1. The number of halogens is 1. The zero-order valence-electron chi connectivity index (χ0n) is 10.6. The molecule has 0 saturated carbocycles. The van der Waals surface area contributed by atoms with Crippen LogP contribution in [0.2, 0.25) is 5.02 Å². The third-order valence-corrected chi connectivity index (χ3v) is 3.20. The van der Waals surface area contributed by atoms with Gasteiger partial charge < -0.3 is 15.4 Å². The number of nitrogens with zero attached hydrogens (tertiary/aromatic N) is 2. The van der Waals surface area contributed by atoms with Crippen LogP contribution in [0.3, 0.4) is 0 Å². The summed E-state index contributed by atoms with van der Waals surface area (Å²) in [7, 11) is 0. The molecule has 2 rings (SSSR count). The molecule has 1 heterocycles. The van der Waals surface area contributed by atoms with E-state index < -0.39 is 0 Å². The molecule has 0 fully saturated rings. The van der Waals surface area contributed by atoms with E-state index in [0.29, 0.717) is 11.4 Å². The number of fused-ring (bicyclic) bond motifs is 1. The molecule has 0 amide bonds. The number of hydrogen-bond donors (Lipinski definition) is 2. The summed E-state index contributed by atoms with van der Waals surface area (Å²) in [5.41, 5.74) is 7.94. The Labute approximate surface area is 111 Å². The van der Waals surface area contributed by atoms with E-state index in [-0.39, 0.29) is 18.7 Å². The van der Waals surface area contributed by atoms with Gasteiger partial charge in [0.2, 0.25) is 0 Å². The molecule has 1 aromatic carbocycles. The molecule has 98 valence electrons. The van der Waals surface area contributed by atoms with E-state index in [2.05, 4.69) is 23.4 Å². The van der Waals surface area contributed by atoms with Crippen molar-refractivity contribution in [1.29, 1.82) is 0 Å². The van der Waals surface area contributed by atoms with Crippen LogP contribution in [-0.4, -0.2) is 21.3 Å². The Hall–Kier alpha value is -1.10. The molecule has 5 heteroatoms. The van der Waals surface area contributed by atoms with Crippen molar-refractivity contribution in [2.75, 3.05) is 6.61 Å². The zero-order valence-corrected chi connectivity index (χ0v) is 11.4. The summed E-state index contributed by atoms with van der Waals surface area (Å²) in [6, 6.07) is 5.60. The Kier molecular flexibility index (Phi) is 3.90. The Morgan fingerprint density at radius 2 is 2.17 bits per heavy atom. The van der Waals surface area contributed by atoms with Gasteiger partial charge in [0.05, 0.1) is 17.1 Å². The fourth-order valence-electron chi connectivity index (χ4n) is 2.16. The van der Waals surface area contributed by atoms with Crippen LogP contribution >= 0.6 is 11.6 Å². The lowest BCUT2D eigenvalue weighted by Gasteiger charge is -2.17. The van der Waals surface area contributed by atoms with Crippen LogP contribution in [0.4, 0.5) is 0 Å². The minimum Gasteiger partial charge on any atom is -0.396 e. The van der Waals surface area contributed by atoms with Gasteiger partial charge in [-0.15, -0.1) is 0 Å². The highest BCUT2D eigenvalue weighted by Gasteiger charge is 2.18. The van der Waals surface area contributed by atoms with E-state index in [1.807, 2.05) is 18.2 Å². The molecule has 0 aliphatic rings. The van der Waals surface area contributed by atoms with Crippen molar-refractivity contribution in [3.8, 4) is 0 Å². The first-order valence-corrected chi connectivity index (χ1v) is 6.46. The standard InChI is InChI=1S/C13H18ClN3O/c1-8(2)17-12-7-9(14)3-4-11(12)16-13(17)10(15)5-6-18/h3-4,7-8,10,18H,5-6,15H2,1-2H3. The molecule has 1 atom stereocenters. The molecule has 0 bridgehead atoms. The Morgan fingerprint density at radius 3 is 2.78 bits per heavy atom. The zero-order chi connectivity index (χ0) is 13.3. The summed E-state index contributed by atoms with van der Waals surface area (Å²) in [5, 5.41) is 9.69. The fraction of sp³-hybridized carbons (Fsp3) is 0.462. The molecular weight excluding hydrogens is 250 g/mol. The van der Waals surface area contributed by atoms with Gasteiger partial charge in [0, 0.05) is 17.7 Å². The number of aromatic nitrogens is 2. The van der Waals surface area contributed by atoms with Crippen LogP contribution < -0.4 is 5.73 Å². The van der Waals surface area contributed by atoms with E-state index in [9.17, 15) is 0 Å². The number of benzene rings is 1. The highest BCUT2D eigenvalue weighted by atomic mass is 35.5. The van der Waals surface area contributed by atoms with Crippen LogP contribution in [-0.2, 0) is 0 Å². The second-order valence-corrected chi connectivity index (χ2v) is 5.12. The molecule has 0 aliphatic carbocycles. The number of aliphatic hydroxyl groups is 1. The second kappa shape index (κ2) is 5.26. The maximum atomic E-state index is 9.01. The lowest BCUT2D eigenvalue weighted by Crippen LogP contribution is -2.19. The highest BCUT2D eigenvalue weighted by Crippen LogP contribution is 2.27. The Morgan fingerprint density at radius 1 is 1.44 bits per heavy atom. The largest absolute Gasteiger partial charge is 0.396 e. The van der Waals surface area contributed by atoms with Gasteiger partial charge in [0.25, 0.3) is 0 Å². The van der Waals surface area contributed by atoms with Crippen molar-refractivity contribution in [1.82, 2.24) is 9.55 Å². The minimum absolute atomic E-state index is 0.0588. The molecule has 2 aromatic rings. The molecule has 4 nitrogen and oxygen atoms in total. The summed E-state index contributed by atoms with van der Waals surface area (Å²) in [6.07, 6.45) is 0.504. The average molecular weight is 268 g/mol. The van der Waals surface area contributed by atoms with Gasteiger partial charge in [-0.25, -0.2) is 4.98 Å². The maximum absolute atomic E-state index is 9.01. The van der Waals surface area contributed by atoms with Crippen LogP contribution in [0.15, 0.2) is 18.2 Å². The van der Waals surface area contributed by atoms with Gasteiger partial charge in [-0.05, 0) is 38.5 Å². The van der Waals surface area contributed by atoms with Crippen molar-refractivity contribution < 1.29 is 5.11 Å². The number of imidazole rings is 1. The predicted octanol–water partition coefficient (Wildman–Crippen LogP) is 2.65. The van der Waals surface area contributed by atoms with Gasteiger partial charge in [-0.2, -0.15) is 0 Å². The third kappa shape index (κ3) is 2.36. The molecule has 1 unspecified atom stereocenters. The monoisotopic (exact) mass is 267 g/mol. The quantitative estimate of drug-likeness (QED) is 0.895. The van der Waals surface area contributed by atoms with E-state index in [0.717, 1.165) is 16.9 Å². The van der Waals surface area contributed by atoms with Crippen molar-refractivity contribution in [2.24, 2.45) is 5.73 Å². The molecule has 0 spiro atoms. The van der Waals surface area contributed by atoms with Gasteiger partial charge in [0.1, 0.15) is 5.82 Å². The summed E-state index contributed by atoms with van der Waals surface area (Å²) in [5.74, 6) is 0.802. The molecular formula is C13H18ClN3O. The van der Waals surface area contributed by atoms with Gasteiger partial charge in [-0.3, -0.25) is 0 Å². The number of hydrogen-bond acceptors (Lipinski definition) is 3. The predicted molar refractivity (Wildman–Crippen MR) is 73.8 cm³/mol. The molecule has 3 N–H and O–H groups in total. The summed E-state index contributed by atoms with van der Waals surface area (Å²) < 4.78 is 2.08. The molecule has 0 radical (unpaired) electrons. The smallest absolute Gasteiger partial charge is 0.127 e. The van der Waals surface area contributed by atoms with E-state index in [1.165, 1.54) is 0 Å². The van der Waals surface area contributed by atoms with Crippen LogP contribution in [0.25, 0.3) is 11.0 Å². The van der Waals surface area contributed by atoms with Gasteiger partial charge >= 0.3 is 0 Å². The summed E-state index contributed by atoms with van der Waals surface area (Å²) >= 11 is 6.03. The lowest BCUT2D eigenvalue weighted by molar-refractivity contribution is 0.273. The van der Waals surface area contributed by atoms with Gasteiger partial charge in [0.15, 0.2) is 0 Å². The molecule has 0 aliphatic heterocycles. The SMILES string of the molecule is CC(C)n1c(C(N)CCO)nc2ccc(Cl)cc21. The van der Waals surface area contributed by atoms with Crippen molar-refractivity contribution in [3.05, 3.63) is 29.0 Å². The fourth-order valence-corrected chi connectivity index (χ4v) is 2.32. The number of rotatable bonds is 4. The van der Waals surface area contributed by atoms with E-state index >= 15 is 0 Å². The van der Waals surface area contributed by atoms with Crippen LogP contribution in [0.1, 0.15) is 38.2 Å². The first-order valence-electron chi connectivity index (χ1n) is 6.08. The highest BCUT2D eigenvalue weighted by molar-refractivity contribution is 6.31. The topological polar surface area (TPSA) is 64.1 Å². The van der Waals surface area contributed by atoms with Crippen molar-refractivity contribution in [3.63, 3.8) is 0 Å². The van der Waals surface area contributed by atoms with Crippen LogP contribution in [0, 0.1) is 0 Å². The molecule has 0 saturated heterocycles.